The standard InChI is InChI=1S/C9H17F3N2O2/c1-2-14-3-4-15-8(6-14)5-13-16-7-9(10,11)12/h8,13H,2-7H2,1H3. The van der Waals surface area contributed by atoms with Gasteiger partial charge in [-0.3, -0.25) is 9.74 Å². The van der Waals surface area contributed by atoms with Gasteiger partial charge in [-0.15, -0.1) is 0 Å². The zero-order chi connectivity index (χ0) is 12.0. The van der Waals surface area contributed by atoms with Crippen molar-refractivity contribution in [1.29, 1.82) is 0 Å². The Morgan fingerprint density at radius 2 is 2.25 bits per heavy atom. The molecule has 0 bridgehead atoms. The summed E-state index contributed by atoms with van der Waals surface area (Å²) in [6.45, 7) is 4.15. The molecule has 1 aliphatic heterocycles. The van der Waals surface area contributed by atoms with Crippen LogP contribution in [0.3, 0.4) is 0 Å². The number of hydrogen-bond acceptors (Lipinski definition) is 4. The maximum atomic E-state index is 11.7. The lowest BCUT2D eigenvalue weighted by atomic mass is 10.3. The fraction of sp³-hybridized carbons (Fsp3) is 1.00. The average molecular weight is 242 g/mol. The first-order chi connectivity index (χ1) is 7.51. The van der Waals surface area contributed by atoms with Crippen molar-refractivity contribution in [2.75, 3.05) is 39.4 Å². The van der Waals surface area contributed by atoms with Gasteiger partial charge in [-0.2, -0.15) is 18.7 Å². The molecule has 7 heteroatoms. The molecular weight excluding hydrogens is 225 g/mol. The van der Waals surface area contributed by atoms with Crippen molar-refractivity contribution in [2.45, 2.75) is 19.2 Å². The topological polar surface area (TPSA) is 33.7 Å². The number of nitrogens with zero attached hydrogens (tertiary/aromatic N) is 1. The van der Waals surface area contributed by atoms with Gasteiger partial charge in [0.15, 0.2) is 6.61 Å². The van der Waals surface area contributed by atoms with Crippen molar-refractivity contribution in [2.24, 2.45) is 0 Å². The van der Waals surface area contributed by atoms with Gasteiger partial charge in [0, 0.05) is 19.6 Å². The van der Waals surface area contributed by atoms with Crippen LogP contribution >= 0.6 is 0 Å². The average Bonchev–Trinajstić information content (AvgIpc) is 2.23. The number of rotatable bonds is 5. The predicted octanol–water partition coefficient (Wildman–Crippen LogP) is 0.791. The van der Waals surface area contributed by atoms with Crippen molar-refractivity contribution >= 4 is 0 Å². The molecule has 96 valence electrons. The summed E-state index contributed by atoms with van der Waals surface area (Å²) in [6, 6.07) is 0. The monoisotopic (exact) mass is 242 g/mol. The molecule has 0 aromatic rings. The summed E-state index contributed by atoms with van der Waals surface area (Å²) in [7, 11) is 0. The summed E-state index contributed by atoms with van der Waals surface area (Å²) in [5.41, 5.74) is 2.28. The normalized spacial score (nSPS) is 23.6. The van der Waals surface area contributed by atoms with Gasteiger partial charge in [0.25, 0.3) is 0 Å². The fourth-order valence-electron chi connectivity index (χ4n) is 1.48. The Hall–Kier alpha value is -0.370. The largest absolute Gasteiger partial charge is 0.413 e. The molecule has 4 nitrogen and oxygen atoms in total. The fourth-order valence-corrected chi connectivity index (χ4v) is 1.48. The van der Waals surface area contributed by atoms with E-state index in [2.05, 4.69) is 15.2 Å². The molecular formula is C9H17F3N2O2. The van der Waals surface area contributed by atoms with Crippen LogP contribution < -0.4 is 5.48 Å². The number of alkyl halides is 3. The van der Waals surface area contributed by atoms with Gasteiger partial charge >= 0.3 is 6.18 Å². The van der Waals surface area contributed by atoms with Gasteiger partial charge in [0.1, 0.15) is 0 Å². The minimum atomic E-state index is -4.30. The number of morpholine rings is 1. The van der Waals surface area contributed by atoms with Crippen molar-refractivity contribution in [1.82, 2.24) is 10.4 Å². The van der Waals surface area contributed by atoms with Crippen molar-refractivity contribution in [3.05, 3.63) is 0 Å². The molecule has 1 atom stereocenters. The molecule has 1 rings (SSSR count). The lowest BCUT2D eigenvalue weighted by molar-refractivity contribution is -0.192. The Labute approximate surface area is 92.6 Å². The summed E-state index contributed by atoms with van der Waals surface area (Å²) in [4.78, 5) is 6.48. The molecule has 1 N–H and O–H groups in total. The second kappa shape index (κ2) is 6.39. The highest BCUT2D eigenvalue weighted by molar-refractivity contribution is 4.71. The highest BCUT2D eigenvalue weighted by Crippen LogP contribution is 2.13. The van der Waals surface area contributed by atoms with Crippen molar-refractivity contribution < 1.29 is 22.7 Å². The van der Waals surface area contributed by atoms with Crippen LogP contribution in [0.4, 0.5) is 13.2 Å². The minimum Gasteiger partial charge on any atom is -0.374 e. The maximum Gasteiger partial charge on any atom is 0.413 e. The SMILES string of the molecule is CCN1CCOC(CNOCC(F)(F)F)C1. The van der Waals surface area contributed by atoms with E-state index in [1.807, 2.05) is 6.92 Å². The van der Waals surface area contributed by atoms with Crippen LogP contribution in [0, 0.1) is 0 Å². The predicted molar refractivity (Wildman–Crippen MR) is 51.9 cm³/mol. The zero-order valence-corrected chi connectivity index (χ0v) is 9.22. The van der Waals surface area contributed by atoms with Crippen LogP contribution in [0.2, 0.25) is 0 Å². The third kappa shape index (κ3) is 5.64. The molecule has 1 saturated heterocycles. The van der Waals surface area contributed by atoms with E-state index in [1.165, 1.54) is 0 Å². The number of hydroxylamine groups is 1. The Morgan fingerprint density at radius 1 is 1.50 bits per heavy atom. The van der Waals surface area contributed by atoms with E-state index in [0.717, 1.165) is 19.6 Å². The van der Waals surface area contributed by atoms with E-state index in [0.29, 0.717) is 6.61 Å². The molecule has 0 radical (unpaired) electrons. The molecule has 0 spiro atoms. The van der Waals surface area contributed by atoms with Crippen LogP contribution in [-0.2, 0) is 9.57 Å². The van der Waals surface area contributed by atoms with E-state index in [1.54, 1.807) is 0 Å². The molecule has 0 saturated carbocycles. The number of likely N-dealkylation sites (N-methyl/N-ethyl adjacent to an activating group) is 1. The van der Waals surface area contributed by atoms with Crippen LogP contribution in [0.25, 0.3) is 0 Å². The first-order valence-corrected chi connectivity index (χ1v) is 5.26. The van der Waals surface area contributed by atoms with Gasteiger partial charge in [-0.05, 0) is 6.54 Å². The second-order valence-corrected chi connectivity index (χ2v) is 3.64. The van der Waals surface area contributed by atoms with Crippen LogP contribution in [0.15, 0.2) is 0 Å². The third-order valence-corrected chi connectivity index (χ3v) is 2.32. The number of nitrogens with one attached hydrogen (secondary N) is 1. The van der Waals surface area contributed by atoms with Crippen molar-refractivity contribution in [3.8, 4) is 0 Å². The van der Waals surface area contributed by atoms with Gasteiger partial charge in [0.05, 0.1) is 12.7 Å². The van der Waals surface area contributed by atoms with Crippen LogP contribution in [0.1, 0.15) is 6.92 Å². The van der Waals surface area contributed by atoms with Gasteiger partial charge in [-0.25, -0.2) is 0 Å². The summed E-state index contributed by atoms with van der Waals surface area (Å²) in [5.74, 6) is 0. The van der Waals surface area contributed by atoms with Gasteiger partial charge < -0.3 is 4.74 Å². The highest BCUT2D eigenvalue weighted by atomic mass is 19.4. The van der Waals surface area contributed by atoms with Crippen molar-refractivity contribution in [3.63, 3.8) is 0 Å². The molecule has 0 amide bonds. The molecule has 1 aliphatic rings. The van der Waals surface area contributed by atoms with Crippen LogP contribution in [-0.4, -0.2) is 56.6 Å². The maximum absolute atomic E-state index is 11.7. The van der Waals surface area contributed by atoms with E-state index in [4.69, 9.17) is 4.74 Å². The van der Waals surface area contributed by atoms with E-state index in [9.17, 15) is 13.2 Å². The summed E-state index contributed by atoms with van der Waals surface area (Å²) >= 11 is 0. The lowest BCUT2D eigenvalue weighted by Gasteiger charge is -2.32. The molecule has 1 fully saturated rings. The smallest absolute Gasteiger partial charge is 0.374 e. The van der Waals surface area contributed by atoms with Gasteiger partial charge in [0.2, 0.25) is 0 Å². The Bertz CT molecular complexity index is 202. The Kier molecular flexibility index (Phi) is 5.47. The molecule has 16 heavy (non-hydrogen) atoms. The lowest BCUT2D eigenvalue weighted by Crippen LogP contribution is -2.46. The zero-order valence-electron chi connectivity index (χ0n) is 9.22. The highest BCUT2D eigenvalue weighted by Gasteiger charge is 2.28. The number of ether oxygens (including phenoxy) is 1. The minimum absolute atomic E-state index is 0.109. The summed E-state index contributed by atoms with van der Waals surface area (Å²) in [6.07, 6.45) is -4.41. The third-order valence-electron chi connectivity index (χ3n) is 2.32. The summed E-state index contributed by atoms with van der Waals surface area (Å²) < 4.78 is 40.6. The molecule has 0 aromatic carbocycles. The number of hydrogen-bond donors (Lipinski definition) is 1. The number of halogens is 3. The Morgan fingerprint density at radius 3 is 2.88 bits per heavy atom. The Balaban J connectivity index is 2.08. The van der Waals surface area contributed by atoms with Crippen LogP contribution in [0.5, 0.6) is 0 Å². The van der Waals surface area contributed by atoms with Gasteiger partial charge in [-0.1, -0.05) is 6.92 Å². The molecule has 0 aromatic heterocycles. The van der Waals surface area contributed by atoms with E-state index >= 15 is 0 Å². The van der Waals surface area contributed by atoms with E-state index < -0.39 is 12.8 Å². The summed E-state index contributed by atoms with van der Waals surface area (Å²) in [5, 5.41) is 0. The second-order valence-electron chi connectivity index (χ2n) is 3.64. The van der Waals surface area contributed by atoms with E-state index in [-0.39, 0.29) is 12.6 Å². The molecule has 0 aliphatic carbocycles. The first-order valence-electron chi connectivity index (χ1n) is 5.26. The molecule has 1 unspecified atom stereocenters. The molecule has 1 heterocycles. The first kappa shape index (κ1) is 13.7. The quantitative estimate of drug-likeness (QED) is 0.571.